The summed E-state index contributed by atoms with van der Waals surface area (Å²) in [6.45, 7) is 3.99. The highest BCUT2D eigenvalue weighted by molar-refractivity contribution is 5.48. The molecule has 0 spiro atoms. The molecule has 1 atom stereocenters. The van der Waals surface area contributed by atoms with Crippen LogP contribution in [0, 0.1) is 0 Å². The fraction of sp³-hybridized carbons (Fsp3) is 0.400. The van der Waals surface area contributed by atoms with E-state index in [4.69, 9.17) is 4.74 Å². The molecule has 1 aliphatic heterocycles. The van der Waals surface area contributed by atoms with E-state index < -0.39 is 0 Å². The normalized spacial score (nSPS) is 18.9. The third-order valence-electron chi connectivity index (χ3n) is 2.36. The number of ether oxygens (including phenoxy) is 1. The molecule has 2 heteroatoms. The van der Waals surface area contributed by atoms with Crippen LogP contribution in [0.25, 0.3) is 0 Å². The highest BCUT2D eigenvalue weighted by Gasteiger charge is 2.33. The average molecular weight is 232 g/mol. The van der Waals surface area contributed by atoms with Gasteiger partial charge in [0.05, 0.1) is 0 Å². The number of hydrogen-bond acceptors (Lipinski definition) is 2. The number of rotatable bonds is 4. The monoisotopic (exact) mass is 232 g/mol. The van der Waals surface area contributed by atoms with Crippen LogP contribution in [0.3, 0.4) is 0 Å². The van der Waals surface area contributed by atoms with Crippen molar-refractivity contribution in [1.29, 1.82) is 0 Å². The number of benzene rings is 1. The summed E-state index contributed by atoms with van der Waals surface area (Å²) in [6.07, 6.45) is 6.28. The Bertz CT molecular complexity index is 354. The Hall–Kier alpha value is -1.57. The second-order valence-electron chi connectivity index (χ2n) is 3.88. The minimum absolute atomic E-state index is 0.257. The lowest BCUT2D eigenvalue weighted by atomic mass is 10.1. The number of epoxide rings is 1. The fourth-order valence-electron chi connectivity index (χ4n) is 1.40. The zero-order chi connectivity index (χ0) is 12.5. The number of hydrogen-bond donors (Lipinski definition) is 0. The first-order valence-electron chi connectivity index (χ1n) is 6.18. The summed E-state index contributed by atoms with van der Waals surface area (Å²) in [6, 6.07) is 10.3. The van der Waals surface area contributed by atoms with Crippen LogP contribution in [-0.2, 0) is 9.53 Å². The Morgan fingerprint density at radius 1 is 1.24 bits per heavy atom. The van der Waals surface area contributed by atoms with Crippen molar-refractivity contribution < 1.29 is 9.53 Å². The Morgan fingerprint density at radius 2 is 1.88 bits per heavy atom. The van der Waals surface area contributed by atoms with Crippen molar-refractivity contribution >= 4 is 6.29 Å². The molecule has 1 fully saturated rings. The van der Waals surface area contributed by atoms with Gasteiger partial charge in [-0.1, -0.05) is 50.6 Å². The lowest BCUT2D eigenvalue weighted by molar-refractivity contribution is -0.107. The molecule has 2 nitrogen and oxygen atoms in total. The molecule has 1 unspecified atom stereocenters. The average Bonchev–Trinajstić information content (AvgIpc) is 3.17. The molecule has 1 aliphatic rings. The van der Waals surface area contributed by atoms with Crippen LogP contribution >= 0.6 is 0 Å². The number of unbranched alkanes of at least 4 members (excludes halogenated alkanes) is 1. The first-order chi connectivity index (χ1) is 8.33. The predicted octanol–water partition coefficient (Wildman–Crippen LogP) is 4.04. The summed E-state index contributed by atoms with van der Waals surface area (Å²) in [5.74, 6) is 1.15. The highest BCUT2D eigenvalue weighted by Crippen LogP contribution is 2.42. The lowest BCUT2D eigenvalue weighted by Gasteiger charge is -1.89. The van der Waals surface area contributed by atoms with Gasteiger partial charge >= 0.3 is 0 Å². The van der Waals surface area contributed by atoms with Gasteiger partial charge in [-0.25, -0.2) is 0 Å². The van der Waals surface area contributed by atoms with Crippen molar-refractivity contribution in [3.63, 3.8) is 0 Å². The summed E-state index contributed by atoms with van der Waals surface area (Å²) < 4.78 is 5.47. The van der Waals surface area contributed by atoms with Crippen molar-refractivity contribution in [1.82, 2.24) is 0 Å². The Kier molecular flexibility index (Phi) is 6.08. The molecule has 1 heterocycles. The van der Waals surface area contributed by atoms with Gasteiger partial charge in [0.2, 0.25) is 0 Å². The minimum atomic E-state index is 0.257. The van der Waals surface area contributed by atoms with E-state index in [9.17, 15) is 4.79 Å². The molecule has 1 aromatic carbocycles. The molecule has 0 aromatic heterocycles. The number of carbonyl (C=O) groups is 1. The van der Waals surface area contributed by atoms with E-state index >= 15 is 0 Å². The molecule has 17 heavy (non-hydrogen) atoms. The van der Waals surface area contributed by atoms with Gasteiger partial charge in [0, 0.05) is 6.42 Å². The lowest BCUT2D eigenvalue weighted by Crippen LogP contribution is -1.76. The summed E-state index contributed by atoms with van der Waals surface area (Å²) in [4.78, 5) is 9.17. The highest BCUT2D eigenvalue weighted by atomic mass is 16.6. The SMILES string of the molecule is CCC=O.CCCC=C1OC1c1ccccc1. The molecule has 0 saturated carbocycles. The molecule has 1 saturated heterocycles. The summed E-state index contributed by atoms with van der Waals surface area (Å²) in [7, 11) is 0. The molecule has 0 radical (unpaired) electrons. The maximum Gasteiger partial charge on any atom is 0.180 e. The summed E-state index contributed by atoms with van der Waals surface area (Å²) in [5, 5.41) is 0. The molecule has 0 amide bonds. The van der Waals surface area contributed by atoms with Gasteiger partial charge in [-0.2, -0.15) is 0 Å². The van der Waals surface area contributed by atoms with Gasteiger partial charge < -0.3 is 9.53 Å². The van der Waals surface area contributed by atoms with E-state index in [0.717, 1.165) is 18.5 Å². The van der Waals surface area contributed by atoms with Crippen LogP contribution < -0.4 is 0 Å². The van der Waals surface area contributed by atoms with Crippen LogP contribution in [0.1, 0.15) is 44.8 Å². The molecule has 1 aromatic rings. The van der Waals surface area contributed by atoms with Crippen molar-refractivity contribution in [3.05, 3.63) is 47.7 Å². The molecular weight excluding hydrogens is 212 g/mol. The van der Waals surface area contributed by atoms with Crippen LogP contribution in [0.2, 0.25) is 0 Å². The van der Waals surface area contributed by atoms with E-state index in [1.54, 1.807) is 0 Å². The first kappa shape index (κ1) is 13.5. The van der Waals surface area contributed by atoms with E-state index in [0.29, 0.717) is 6.42 Å². The number of carbonyl (C=O) groups excluding carboxylic acids is 1. The van der Waals surface area contributed by atoms with Crippen molar-refractivity contribution in [2.24, 2.45) is 0 Å². The largest absolute Gasteiger partial charge is 0.478 e. The Labute approximate surface area is 103 Å². The second kappa shape index (κ2) is 7.66. The Morgan fingerprint density at radius 3 is 2.41 bits per heavy atom. The van der Waals surface area contributed by atoms with Crippen molar-refractivity contribution in [3.8, 4) is 0 Å². The van der Waals surface area contributed by atoms with Crippen LogP contribution in [0.4, 0.5) is 0 Å². The molecule has 92 valence electrons. The summed E-state index contributed by atoms with van der Waals surface area (Å²) in [5.41, 5.74) is 1.27. The van der Waals surface area contributed by atoms with Gasteiger partial charge in [0.25, 0.3) is 0 Å². The van der Waals surface area contributed by atoms with Crippen molar-refractivity contribution in [2.75, 3.05) is 0 Å². The molecule has 2 rings (SSSR count). The zero-order valence-corrected chi connectivity index (χ0v) is 10.6. The predicted molar refractivity (Wildman–Crippen MR) is 69.6 cm³/mol. The van der Waals surface area contributed by atoms with Crippen LogP contribution in [0.5, 0.6) is 0 Å². The topological polar surface area (TPSA) is 29.6 Å². The molecule has 0 aliphatic carbocycles. The van der Waals surface area contributed by atoms with E-state index in [1.165, 1.54) is 12.0 Å². The maximum atomic E-state index is 9.17. The quantitative estimate of drug-likeness (QED) is 0.579. The molecule has 0 N–H and O–H groups in total. The van der Waals surface area contributed by atoms with Crippen LogP contribution in [-0.4, -0.2) is 6.29 Å². The number of aldehydes is 1. The third kappa shape index (κ3) is 4.85. The molecular formula is C15H20O2. The van der Waals surface area contributed by atoms with Crippen molar-refractivity contribution in [2.45, 2.75) is 39.2 Å². The molecule has 0 bridgehead atoms. The van der Waals surface area contributed by atoms with E-state index in [2.05, 4.69) is 37.3 Å². The van der Waals surface area contributed by atoms with E-state index in [-0.39, 0.29) is 6.10 Å². The maximum absolute atomic E-state index is 9.17. The third-order valence-corrected chi connectivity index (χ3v) is 2.36. The first-order valence-corrected chi connectivity index (χ1v) is 6.18. The Balaban J connectivity index is 0.000000317. The van der Waals surface area contributed by atoms with Crippen LogP contribution in [0.15, 0.2) is 42.2 Å². The standard InChI is InChI=1S/C12H14O.C3H6O/c1-2-3-9-11-12(13-11)10-7-5-4-6-8-10;1-2-3-4/h4-9,12H,2-3H2,1H3;3H,2H2,1H3. The van der Waals surface area contributed by atoms with Gasteiger partial charge in [0.15, 0.2) is 6.10 Å². The van der Waals surface area contributed by atoms with Gasteiger partial charge in [-0.3, -0.25) is 0 Å². The fourth-order valence-corrected chi connectivity index (χ4v) is 1.40. The van der Waals surface area contributed by atoms with E-state index in [1.807, 2.05) is 13.0 Å². The van der Waals surface area contributed by atoms with Gasteiger partial charge in [0.1, 0.15) is 12.0 Å². The second-order valence-corrected chi connectivity index (χ2v) is 3.88. The number of allylic oxidation sites excluding steroid dienone is 1. The van der Waals surface area contributed by atoms with Gasteiger partial charge in [-0.05, 0) is 18.1 Å². The minimum Gasteiger partial charge on any atom is -0.478 e. The zero-order valence-electron chi connectivity index (χ0n) is 10.6. The smallest absolute Gasteiger partial charge is 0.180 e. The van der Waals surface area contributed by atoms with Gasteiger partial charge in [-0.15, -0.1) is 0 Å². The summed E-state index contributed by atoms with van der Waals surface area (Å²) >= 11 is 0.